The largest absolute Gasteiger partial charge is 0.461 e. The van der Waals surface area contributed by atoms with E-state index < -0.39 is 24.1 Å². The number of carbonyl (C=O) groups is 4. The maximum Gasteiger partial charge on any atom is 0.410 e. The number of piperidine rings is 1. The van der Waals surface area contributed by atoms with Crippen LogP contribution >= 0.6 is 0 Å². The second-order valence-electron chi connectivity index (χ2n) is 12.8. The summed E-state index contributed by atoms with van der Waals surface area (Å²) in [5.41, 5.74) is 4.50. The molecule has 1 aliphatic heterocycles. The summed E-state index contributed by atoms with van der Waals surface area (Å²) >= 11 is 0. The number of hydrogen-bond donors (Lipinski definition) is 0. The van der Waals surface area contributed by atoms with Crippen LogP contribution < -0.4 is 0 Å². The summed E-state index contributed by atoms with van der Waals surface area (Å²) < 4.78 is 11.2. The Hall–Kier alpha value is -4.14. The van der Waals surface area contributed by atoms with E-state index in [1.807, 2.05) is 24.3 Å². The predicted molar refractivity (Wildman–Crippen MR) is 176 cm³/mol. The number of hydrogen-bond acceptors (Lipinski definition) is 6. The number of fused-ring (bicyclic) bond motifs is 3. The number of likely N-dealkylation sites (N-methyl/N-ethyl adjacent to an activating group) is 2. The molecule has 0 bridgehead atoms. The van der Waals surface area contributed by atoms with Gasteiger partial charge in [0.2, 0.25) is 11.8 Å². The van der Waals surface area contributed by atoms with Crippen molar-refractivity contribution in [3.05, 3.63) is 72.3 Å². The molecule has 0 N–H and O–H groups in total. The Balaban J connectivity index is 1.35. The van der Waals surface area contributed by atoms with Crippen LogP contribution in [0.4, 0.5) is 4.79 Å². The summed E-state index contributed by atoms with van der Waals surface area (Å²) in [5, 5.41) is 0. The summed E-state index contributed by atoms with van der Waals surface area (Å²) in [6.45, 7) is 4.93. The van der Waals surface area contributed by atoms with Gasteiger partial charge in [0.05, 0.1) is 6.42 Å². The summed E-state index contributed by atoms with van der Waals surface area (Å²) in [5.74, 6) is -1.40. The molecular weight excluding hydrogens is 582 g/mol. The van der Waals surface area contributed by atoms with Crippen molar-refractivity contribution >= 4 is 23.9 Å². The lowest BCUT2D eigenvalue weighted by atomic mass is 9.82. The van der Waals surface area contributed by atoms with Gasteiger partial charge in [-0.2, -0.15) is 0 Å². The van der Waals surface area contributed by atoms with Crippen LogP contribution in [0, 0.1) is 5.92 Å². The third-order valence-corrected chi connectivity index (χ3v) is 9.88. The highest BCUT2D eigenvalue weighted by molar-refractivity contribution is 5.93. The molecule has 2 atom stereocenters. The molecule has 9 nitrogen and oxygen atoms in total. The molecule has 3 aliphatic rings. The minimum absolute atomic E-state index is 0.0241. The third kappa shape index (κ3) is 7.29. The van der Waals surface area contributed by atoms with E-state index in [1.54, 1.807) is 19.0 Å². The molecule has 1 heterocycles. The molecule has 2 aromatic rings. The zero-order chi connectivity index (χ0) is 32.6. The first kappa shape index (κ1) is 33.2. The molecule has 0 spiro atoms. The summed E-state index contributed by atoms with van der Waals surface area (Å²) in [6, 6.07) is 14.5. The Kier molecular flexibility index (Phi) is 11.1. The van der Waals surface area contributed by atoms with E-state index in [2.05, 4.69) is 30.8 Å². The molecule has 9 heteroatoms. The number of likely N-dealkylation sites (tertiary alicyclic amines) is 1. The number of benzene rings is 2. The van der Waals surface area contributed by atoms with Crippen molar-refractivity contribution in [1.82, 2.24) is 14.7 Å². The van der Waals surface area contributed by atoms with E-state index in [1.165, 1.54) is 15.9 Å². The van der Waals surface area contributed by atoms with Gasteiger partial charge in [0.25, 0.3) is 0 Å². The minimum Gasteiger partial charge on any atom is -0.461 e. The van der Waals surface area contributed by atoms with Crippen LogP contribution in [0.3, 0.4) is 0 Å². The molecule has 246 valence electrons. The van der Waals surface area contributed by atoms with Crippen LogP contribution in [0.15, 0.2) is 61.2 Å². The van der Waals surface area contributed by atoms with Crippen molar-refractivity contribution in [2.75, 3.05) is 40.4 Å². The van der Waals surface area contributed by atoms with Crippen LogP contribution in [0.5, 0.6) is 0 Å². The SMILES string of the molecule is C=CCOC(=O)C[C@@H](C(=O)N1CCCCC1)N(C)C(=O)[C@H](C1CCCCC1)N(C)C(=O)OCC1c2ccccc2-c2ccccc21. The lowest BCUT2D eigenvalue weighted by molar-refractivity contribution is -0.154. The van der Waals surface area contributed by atoms with Gasteiger partial charge in [-0.1, -0.05) is 80.4 Å². The van der Waals surface area contributed by atoms with Crippen molar-refractivity contribution in [3.8, 4) is 11.1 Å². The molecule has 46 heavy (non-hydrogen) atoms. The Morgan fingerprint density at radius 3 is 2.04 bits per heavy atom. The molecule has 5 rings (SSSR count). The number of rotatable bonds is 11. The molecule has 2 aliphatic carbocycles. The lowest BCUT2D eigenvalue weighted by Crippen LogP contribution is -2.58. The van der Waals surface area contributed by atoms with Crippen molar-refractivity contribution in [2.24, 2.45) is 5.92 Å². The van der Waals surface area contributed by atoms with Crippen molar-refractivity contribution < 1.29 is 28.7 Å². The summed E-state index contributed by atoms with van der Waals surface area (Å²) in [6.07, 6.45) is 8.00. The van der Waals surface area contributed by atoms with Crippen LogP contribution in [0.25, 0.3) is 11.1 Å². The average Bonchev–Trinajstić information content (AvgIpc) is 3.42. The predicted octanol–water partition coefficient (Wildman–Crippen LogP) is 5.78. The van der Waals surface area contributed by atoms with Gasteiger partial charge >= 0.3 is 12.1 Å². The monoisotopic (exact) mass is 629 g/mol. The summed E-state index contributed by atoms with van der Waals surface area (Å²) in [4.78, 5) is 59.3. The second-order valence-corrected chi connectivity index (χ2v) is 12.8. The number of carbonyl (C=O) groups excluding carboxylic acids is 4. The van der Waals surface area contributed by atoms with Crippen molar-refractivity contribution in [2.45, 2.75) is 75.8 Å². The fourth-order valence-corrected chi connectivity index (χ4v) is 7.39. The van der Waals surface area contributed by atoms with E-state index in [0.29, 0.717) is 13.1 Å². The van der Waals surface area contributed by atoms with Gasteiger partial charge in [-0.3, -0.25) is 19.3 Å². The van der Waals surface area contributed by atoms with E-state index in [0.717, 1.165) is 73.6 Å². The van der Waals surface area contributed by atoms with Gasteiger partial charge in [0.15, 0.2) is 0 Å². The second kappa shape index (κ2) is 15.4. The average molecular weight is 630 g/mol. The van der Waals surface area contributed by atoms with Gasteiger partial charge < -0.3 is 19.3 Å². The molecule has 2 fully saturated rings. The topological polar surface area (TPSA) is 96.5 Å². The fraction of sp³-hybridized carbons (Fsp3) is 0.514. The standard InChI is InChI=1S/C37H47N3O6/c1-4-23-45-33(41)24-32(35(42)40-21-13-6-14-22-40)38(2)36(43)34(26-15-7-5-8-16-26)39(3)37(44)46-25-31-29-19-11-9-17-27(29)28-18-10-12-20-30(28)31/h4,9-12,17-20,26,31-32,34H,1,5-8,13-16,21-25H2,2-3H3/t32-,34-/m0/s1. The highest BCUT2D eigenvalue weighted by Gasteiger charge is 2.42. The normalized spacial score (nSPS) is 17.7. The molecule has 0 aromatic heterocycles. The van der Waals surface area contributed by atoms with Crippen LogP contribution in [0.2, 0.25) is 0 Å². The van der Waals surface area contributed by atoms with Gasteiger partial charge in [-0.15, -0.1) is 0 Å². The summed E-state index contributed by atoms with van der Waals surface area (Å²) in [7, 11) is 3.18. The Morgan fingerprint density at radius 1 is 0.848 bits per heavy atom. The van der Waals surface area contributed by atoms with E-state index in [9.17, 15) is 19.2 Å². The quantitative estimate of drug-likeness (QED) is 0.231. The molecule has 2 aromatic carbocycles. The smallest absolute Gasteiger partial charge is 0.410 e. The van der Waals surface area contributed by atoms with Gasteiger partial charge in [0.1, 0.15) is 25.3 Å². The number of ether oxygens (including phenoxy) is 2. The maximum atomic E-state index is 14.4. The Labute approximate surface area is 272 Å². The first-order valence-corrected chi connectivity index (χ1v) is 16.7. The first-order valence-electron chi connectivity index (χ1n) is 16.7. The van der Waals surface area contributed by atoms with E-state index in [-0.39, 0.29) is 43.3 Å². The highest BCUT2D eigenvalue weighted by atomic mass is 16.6. The third-order valence-electron chi connectivity index (χ3n) is 9.88. The highest BCUT2D eigenvalue weighted by Crippen LogP contribution is 2.44. The maximum absolute atomic E-state index is 14.4. The van der Waals surface area contributed by atoms with Crippen molar-refractivity contribution in [3.63, 3.8) is 0 Å². The molecule has 1 saturated carbocycles. The molecular formula is C37H47N3O6. The van der Waals surface area contributed by atoms with Crippen LogP contribution in [-0.4, -0.2) is 91.1 Å². The van der Waals surface area contributed by atoms with E-state index in [4.69, 9.17) is 9.47 Å². The number of nitrogens with zero attached hydrogens (tertiary/aromatic N) is 3. The number of amides is 3. The molecule has 0 radical (unpaired) electrons. The molecule has 3 amide bonds. The zero-order valence-electron chi connectivity index (χ0n) is 27.2. The van der Waals surface area contributed by atoms with Gasteiger partial charge in [-0.25, -0.2) is 4.79 Å². The zero-order valence-corrected chi connectivity index (χ0v) is 27.2. The number of esters is 1. The molecule has 1 saturated heterocycles. The lowest BCUT2D eigenvalue weighted by Gasteiger charge is -2.40. The van der Waals surface area contributed by atoms with Crippen LogP contribution in [0.1, 0.15) is 74.8 Å². The molecule has 0 unspecified atom stereocenters. The Morgan fingerprint density at radius 2 is 1.43 bits per heavy atom. The van der Waals surface area contributed by atoms with Crippen LogP contribution in [-0.2, 0) is 23.9 Å². The van der Waals surface area contributed by atoms with Gasteiger partial charge in [0, 0.05) is 33.1 Å². The Bertz CT molecular complexity index is 1370. The van der Waals surface area contributed by atoms with Gasteiger partial charge in [-0.05, 0) is 60.3 Å². The minimum atomic E-state index is -1.04. The first-order chi connectivity index (χ1) is 22.3. The van der Waals surface area contributed by atoms with E-state index >= 15 is 0 Å². The van der Waals surface area contributed by atoms with Crippen molar-refractivity contribution in [1.29, 1.82) is 0 Å². The fourth-order valence-electron chi connectivity index (χ4n) is 7.39.